The molecular weight excluding hydrogens is 216 g/mol. The van der Waals surface area contributed by atoms with Crippen LogP contribution in [0.4, 0.5) is 8.78 Å². The van der Waals surface area contributed by atoms with Crippen molar-refractivity contribution in [2.24, 2.45) is 5.73 Å². The van der Waals surface area contributed by atoms with Gasteiger partial charge in [-0.25, -0.2) is 8.78 Å². The van der Waals surface area contributed by atoms with Gasteiger partial charge < -0.3 is 15.2 Å². The molecule has 0 radical (unpaired) electrons. The molecule has 88 valence electrons. The molecule has 0 aliphatic carbocycles. The zero-order valence-electron chi connectivity index (χ0n) is 8.71. The van der Waals surface area contributed by atoms with Crippen LogP contribution in [0.1, 0.15) is 12.0 Å². The molecular formula is C11H13F2NO2. The van der Waals surface area contributed by atoms with Gasteiger partial charge >= 0.3 is 0 Å². The molecule has 1 aliphatic heterocycles. The van der Waals surface area contributed by atoms with E-state index in [2.05, 4.69) is 0 Å². The molecule has 1 aliphatic rings. The molecule has 1 aromatic carbocycles. The van der Waals surface area contributed by atoms with E-state index in [1.54, 1.807) is 0 Å². The second kappa shape index (κ2) is 4.45. The zero-order valence-corrected chi connectivity index (χ0v) is 8.71. The summed E-state index contributed by atoms with van der Waals surface area (Å²) in [6.45, 7) is 1.06. The third-order valence-corrected chi connectivity index (χ3v) is 2.59. The summed E-state index contributed by atoms with van der Waals surface area (Å²) in [6.07, 6.45) is 0.769. The van der Waals surface area contributed by atoms with Gasteiger partial charge in [-0.1, -0.05) is 6.07 Å². The van der Waals surface area contributed by atoms with Crippen LogP contribution < -0.4 is 5.73 Å². The second-order valence-corrected chi connectivity index (χ2v) is 3.64. The van der Waals surface area contributed by atoms with Crippen molar-refractivity contribution in [1.29, 1.82) is 0 Å². The summed E-state index contributed by atoms with van der Waals surface area (Å²) >= 11 is 0. The average Bonchev–Trinajstić information content (AvgIpc) is 2.33. The zero-order chi connectivity index (χ0) is 11.6. The number of nitrogens with two attached hydrogens (primary N) is 1. The molecule has 2 rings (SSSR count). The van der Waals surface area contributed by atoms with Crippen molar-refractivity contribution in [2.45, 2.75) is 12.2 Å². The van der Waals surface area contributed by atoms with Crippen molar-refractivity contribution in [3.05, 3.63) is 35.4 Å². The topological polar surface area (TPSA) is 44.5 Å². The Morgan fingerprint density at radius 1 is 1.19 bits per heavy atom. The first-order valence-corrected chi connectivity index (χ1v) is 5.11. The Morgan fingerprint density at radius 3 is 2.44 bits per heavy atom. The van der Waals surface area contributed by atoms with E-state index in [0.717, 1.165) is 18.6 Å². The number of halogens is 2. The Morgan fingerprint density at radius 2 is 1.88 bits per heavy atom. The summed E-state index contributed by atoms with van der Waals surface area (Å²) < 4.78 is 36.8. The van der Waals surface area contributed by atoms with Crippen LogP contribution in [0.15, 0.2) is 18.2 Å². The van der Waals surface area contributed by atoms with Crippen LogP contribution in [-0.4, -0.2) is 19.8 Å². The lowest BCUT2D eigenvalue weighted by Gasteiger charge is -2.36. The maximum absolute atomic E-state index is 13.1. The molecule has 2 N–H and O–H groups in total. The standard InChI is InChI=1S/C11H13F2NO2/c12-9-3-2-8(6-10(9)13)11(7-14)15-4-1-5-16-11/h2-3,6H,1,4-5,7,14H2. The minimum atomic E-state index is -1.13. The highest BCUT2D eigenvalue weighted by atomic mass is 19.2. The van der Waals surface area contributed by atoms with E-state index in [0.29, 0.717) is 18.8 Å². The lowest BCUT2D eigenvalue weighted by molar-refractivity contribution is -0.269. The summed E-state index contributed by atoms with van der Waals surface area (Å²) in [5, 5.41) is 0. The van der Waals surface area contributed by atoms with E-state index < -0.39 is 17.4 Å². The summed E-state index contributed by atoms with van der Waals surface area (Å²) in [5.41, 5.74) is 6.00. The molecule has 0 saturated carbocycles. The summed E-state index contributed by atoms with van der Waals surface area (Å²) in [7, 11) is 0. The maximum Gasteiger partial charge on any atom is 0.207 e. The normalized spacial score (nSPS) is 19.7. The van der Waals surface area contributed by atoms with E-state index in [1.165, 1.54) is 6.07 Å². The molecule has 3 nitrogen and oxygen atoms in total. The van der Waals surface area contributed by atoms with E-state index >= 15 is 0 Å². The molecule has 5 heteroatoms. The Balaban J connectivity index is 2.35. The Labute approximate surface area is 92.1 Å². The van der Waals surface area contributed by atoms with Crippen LogP contribution in [-0.2, 0) is 15.3 Å². The van der Waals surface area contributed by atoms with Crippen molar-refractivity contribution in [3.63, 3.8) is 0 Å². The first-order valence-electron chi connectivity index (χ1n) is 5.11. The van der Waals surface area contributed by atoms with E-state index in [9.17, 15) is 8.78 Å². The van der Waals surface area contributed by atoms with Crippen molar-refractivity contribution in [1.82, 2.24) is 0 Å². The largest absolute Gasteiger partial charge is 0.345 e. The van der Waals surface area contributed by atoms with Gasteiger partial charge in [-0.05, 0) is 18.6 Å². The lowest BCUT2D eigenvalue weighted by atomic mass is 10.0. The number of rotatable bonds is 2. The molecule has 0 aromatic heterocycles. The third kappa shape index (κ3) is 1.93. The van der Waals surface area contributed by atoms with Crippen LogP contribution in [0, 0.1) is 11.6 Å². The van der Waals surface area contributed by atoms with E-state index in [1.807, 2.05) is 0 Å². The fourth-order valence-corrected chi connectivity index (χ4v) is 1.71. The molecule has 0 atom stereocenters. The first-order chi connectivity index (χ1) is 7.68. The Hall–Kier alpha value is -1.04. The van der Waals surface area contributed by atoms with Crippen molar-refractivity contribution in [3.8, 4) is 0 Å². The molecule has 1 fully saturated rings. The van der Waals surface area contributed by atoms with E-state index in [4.69, 9.17) is 15.2 Å². The van der Waals surface area contributed by atoms with Gasteiger partial charge in [0.15, 0.2) is 11.6 Å². The predicted octanol–water partition coefficient (Wildman–Crippen LogP) is 1.51. The number of ether oxygens (including phenoxy) is 2. The minimum Gasteiger partial charge on any atom is -0.345 e. The van der Waals surface area contributed by atoms with Crippen molar-refractivity contribution in [2.75, 3.05) is 19.8 Å². The van der Waals surface area contributed by atoms with Crippen LogP contribution >= 0.6 is 0 Å². The molecule has 16 heavy (non-hydrogen) atoms. The quantitative estimate of drug-likeness (QED) is 0.836. The average molecular weight is 229 g/mol. The first kappa shape index (κ1) is 11.4. The SMILES string of the molecule is NCC1(c2ccc(F)c(F)c2)OCCCO1. The summed E-state index contributed by atoms with van der Waals surface area (Å²) in [4.78, 5) is 0. The van der Waals surface area contributed by atoms with Gasteiger partial charge in [0.05, 0.1) is 19.8 Å². The summed E-state index contributed by atoms with van der Waals surface area (Å²) in [6, 6.07) is 3.54. The smallest absolute Gasteiger partial charge is 0.207 e. The Kier molecular flexibility index (Phi) is 3.18. The van der Waals surface area contributed by atoms with Gasteiger partial charge in [-0.2, -0.15) is 0 Å². The molecule has 1 heterocycles. The Bertz CT molecular complexity index is 378. The van der Waals surface area contributed by atoms with Gasteiger partial charge in [-0.15, -0.1) is 0 Å². The predicted molar refractivity (Wildman–Crippen MR) is 53.6 cm³/mol. The highest BCUT2D eigenvalue weighted by Gasteiger charge is 2.35. The number of hydrogen-bond donors (Lipinski definition) is 1. The van der Waals surface area contributed by atoms with Crippen LogP contribution in [0.3, 0.4) is 0 Å². The van der Waals surface area contributed by atoms with Gasteiger partial charge in [0, 0.05) is 5.56 Å². The second-order valence-electron chi connectivity index (χ2n) is 3.64. The molecule has 0 amide bonds. The number of hydrogen-bond acceptors (Lipinski definition) is 3. The van der Waals surface area contributed by atoms with Crippen LogP contribution in [0.2, 0.25) is 0 Å². The fraction of sp³-hybridized carbons (Fsp3) is 0.455. The third-order valence-electron chi connectivity index (χ3n) is 2.59. The van der Waals surface area contributed by atoms with Gasteiger partial charge in [0.25, 0.3) is 0 Å². The van der Waals surface area contributed by atoms with Crippen molar-refractivity contribution < 1.29 is 18.3 Å². The fourth-order valence-electron chi connectivity index (χ4n) is 1.71. The monoisotopic (exact) mass is 229 g/mol. The molecule has 1 aromatic rings. The highest BCUT2D eigenvalue weighted by molar-refractivity contribution is 5.23. The van der Waals surface area contributed by atoms with Crippen LogP contribution in [0.25, 0.3) is 0 Å². The van der Waals surface area contributed by atoms with Gasteiger partial charge in [-0.3, -0.25) is 0 Å². The highest BCUT2D eigenvalue weighted by Crippen LogP contribution is 2.30. The van der Waals surface area contributed by atoms with E-state index in [-0.39, 0.29) is 6.54 Å². The molecule has 0 unspecified atom stereocenters. The maximum atomic E-state index is 13.1. The molecule has 1 saturated heterocycles. The van der Waals surface area contributed by atoms with Crippen LogP contribution in [0.5, 0.6) is 0 Å². The minimum absolute atomic E-state index is 0.0675. The molecule has 0 spiro atoms. The number of benzene rings is 1. The summed E-state index contributed by atoms with van der Waals surface area (Å²) in [5.74, 6) is -2.96. The molecule has 0 bridgehead atoms. The van der Waals surface area contributed by atoms with Gasteiger partial charge in [0.1, 0.15) is 0 Å². The van der Waals surface area contributed by atoms with Gasteiger partial charge in [0.2, 0.25) is 5.79 Å². The lowest BCUT2D eigenvalue weighted by Crippen LogP contribution is -2.44. The van der Waals surface area contributed by atoms with Crippen molar-refractivity contribution >= 4 is 0 Å².